The van der Waals surface area contributed by atoms with Crippen LogP contribution in [-0.4, -0.2) is 59.5 Å². The number of hydrogen-bond donors (Lipinski definition) is 1. The molecule has 1 saturated heterocycles. The molecule has 0 radical (unpaired) electrons. The molecule has 8 nitrogen and oxygen atoms in total. The second kappa shape index (κ2) is 9.90. The summed E-state index contributed by atoms with van der Waals surface area (Å²) in [4.78, 5) is 35.7. The Labute approximate surface area is 167 Å². The summed E-state index contributed by atoms with van der Waals surface area (Å²) in [5.41, 5.74) is 0.284. The third-order valence-corrected chi connectivity index (χ3v) is 5.11. The SMILES string of the molecule is CC(=O)O[C@@H]1[C@@H](OC(C)=O)[C@H](Sc2ccc(C)cc2)O[C@H](CO)[C@H]1OC(C)=O. The summed E-state index contributed by atoms with van der Waals surface area (Å²) >= 11 is 1.25. The Hall–Kier alpha value is -2.10. The zero-order valence-corrected chi connectivity index (χ0v) is 16.9. The summed E-state index contributed by atoms with van der Waals surface area (Å²) in [6, 6.07) is 7.59. The summed E-state index contributed by atoms with van der Waals surface area (Å²) in [5, 5.41) is 9.74. The maximum absolute atomic E-state index is 11.7. The first-order valence-electron chi connectivity index (χ1n) is 8.72. The monoisotopic (exact) mass is 412 g/mol. The van der Waals surface area contributed by atoms with Crippen molar-refractivity contribution in [2.45, 2.75) is 62.4 Å². The van der Waals surface area contributed by atoms with Gasteiger partial charge in [0.25, 0.3) is 0 Å². The van der Waals surface area contributed by atoms with Gasteiger partial charge in [0.15, 0.2) is 18.3 Å². The molecule has 0 amide bonds. The molecule has 2 rings (SSSR count). The molecule has 0 aromatic heterocycles. The van der Waals surface area contributed by atoms with E-state index in [9.17, 15) is 19.5 Å². The van der Waals surface area contributed by atoms with Crippen LogP contribution >= 0.6 is 11.8 Å². The molecule has 5 atom stereocenters. The summed E-state index contributed by atoms with van der Waals surface area (Å²) < 4.78 is 21.8. The lowest BCUT2D eigenvalue weighted by Crippen LogP contribution is -2.61. The van der Waals surface area contributed by atoms with Crippen molar-refractivity contribution in [1.82, 2.24) is 0 Å². The van der Waals surface area contributed by atoms with Crippen molar-refractivity contribution >= 4 is 29.7 Å². The van der Waals surface area contributed by atoms with Crippen LogP contribution in [0.25, 0.3) is 0 Å². The lowest BCUT2D eigenvalue weighted by Gasteiger charge is -2.43. The van der Waals surface area contributed by atoms with Crippen molar-refractivity contribution in [3.8, 4) is 0 Å². The Bertz CT molecular complexity index is 704. The second-order valence-corrected chi connectivity index (χ2v) is 7.55. The standard InChI is InChI=1S/C19H24O8S/c1-10-5-7-14(8-6-10)28-19-18(26-13(4)23)17(25-12(3)22)16(24-11(2)21)15(9-20)27-19/h5-8,15-20H,9H2,1-4H3/t15-,16-,17+,18-,19+/m1/s1. The van der Waals surface area contributed by atoms with Crippen molar-refractivity contribution in [1.29, 1.82) is 0 Å². The Morgan fingerprint density at radius 3 is 1.93 bits per heavy atom. The highest BCUT2D eigenvalue weighted by atomic mass is 32.2. The first kappa shape index (κ1) is 22.2. The number of aliphatic hydroxyl groups excluding tert-OH is 1. The quantitative estimate of drug-likeness (QED) is 0.550. The second-order valence-electron chi connectivity index (χ2n) is 6.38. The van der Waals surface area contributed by atoms with Gasteiger partial charge in [0.2, 0.25) is 0 Å². The minimum atomic E-state index is -1.13. The van der Waals surface area contributed by atoms with E-state index in [4.69, 9.17) is 18.9 Å². The van der Waals surface area contributed by atoms with Gasteiger partial charge in [-0.25, -0.2) is 0 Å². The summed E-state index contributed by atoms with van der Waals surface area (Å²) in [5.74, 6) is -1.89. The first-order chi connectivity index (χ1) is 13.2. The minimum absolute atomic E-state index is 0.479. The van der Waals surface area contributed by atoms with Crippen LogP contribution in [0.2, 0.25) is 0 Å². The van der Waals surface area contributed by atoms with Crippen LogP contribution in [0.15, 0.2) is 29.2 Å². The largest absolute Gasteiger partial charge is 0.456 e. The van der Waals surface area contributed by atoms with Gasteiger partial charge in [0.1, 0.15) is 11.5 Å². The zero-order valence-electron chi connectivity index (χ0n) is 16.1. The highest BCUT2D eigenvalue weighted by molar-refractivity contribution is 7.99. The predicted molar refractivity (Wildman–Crippen MR) is 99.4 cm³/mol. The molecule has 0 bridgehead atoms. The molecule has 1 aliphatic rings. The van der Waals surface area contributed by atoms with E-state index in [1.165, 1.54) is 32.5 Å². The van der Waals surface area contributed by atoms with Gasteiger partial charge in [-0.3, -0.25) is 14.4 Å². The van der Waals surface area contributed by atoms with Crippen LogP contribution in [0.1, 0.15) is 26.3 Å². The van der Waals surface area contributed by atoms with Crippen molar-refractivity contribution in [3.05, 3.63) is 29.8 Å². The van der Waals surface area contributed by atoms with Crippen molar-refractivity contribution in [3.63, 3.8) is 0 Å². The number of rotatable bonds is 6. The van der Waals surface area contributed by atoms with E-state index in [2.05, 4.69) is 0 Å². The first-order valence-corrected chi connectivity index (χ1v) is 9.60. The molecule has 154 valence electrons. The van der Waals surface area contributed by atoms with E-state index in [0.29, 0.717) is 0 Å². The maximum atomic E-state index is 11.7. The highest BCUT2D eigenvalue weighted by Gasteiger charge is 2.51. The Morgan fingerprint density at radius 1 is 0.929 bits per heavy atom. The molecule has 0 aliphatic carbocycles. The van der Waals surface area contributed by atoms with E-state index in [1.807, 2.05) is 31.2 Å². The number of esters is 3. The molecule has 0 spiro atoms. The number of carbonyl (C=O) groups excluding carboxylic acids is 3. The van der Waals surface area contributed by atoms with E-state index < -0.39 is 54.4 Å². The fraction of sp³-hybridized carbons (Fsp3) is 0.526. The van der Waals surface area contributed by atoms with E-state index >= 15 is 0 Å². The van der Waals surface area contributed by atoms with E-state index in [-0.39, 0.29) is 0 Å². The lowest BCUT2D eigenvalue weighted by molar-refractivity contribution is -0.236. The van der Waals surface area contributed by atoms with Crippen molar-refractivity contribution < 1.29 is 38.4 Å². The Morgan fingerprint density at radius 2 is 1.43 bits per heavy atom. The molecular formula is C19H24O8S. The van der Waals surface area contributed by atoms with E-state index in [1.54, 1.807) is 0 Å². The third-order valence-electron chi connectivity index (χ3n) is 3.95. The van der Waals surface area contributed by atoms with Gasteiger partial charge in [-0.15, -0.1) is 0 Å². The summed E-state index contributed by atoms with van der Waals surface area (Å²) in [7, 11) is 0. The average Bonchev–Trinajstić information content (AvgIpc) is 2.60. The maximum Gasteiger partial charge on any atom is 0.303 e. The molecule has 1 aliphatic heterocycles. The van der Waals surface area contributed by atoms with Crippen molar-refractivity contribution in [2.24, 2.45) is 0 Å². The van der Waals surface area contributed by atoms with Crippen LogP contribution in [0, 0.1) is 6.92 Å². The molecule has 1 heterocycles. The van der Waals surface area contributed by atoms with Crippen LogP contribution in [0.4, 0.5) is 0 Å². The minimum Gasteiger partial charge on any atom is -0.456 e. The fourth-order valence-electron chi connectivity index (χ4n) is 2.85. The van der Waals surface area contributed by atoms with Crippen LogP contribution in [0.5, 0.6) is 0 Å². The molecule has 0 saturated carbocycles. The zero-order chi connectivity index (χ0) is 20.8. The van der Waals surface area contributed by atoms with Gasteiger partial charge in [-0.05, 0) is 19.1 Å². The number of carbonyl (C=O) groups is 3. The highest BCUT2D eigenvalue weighted by Crippen LogP contribution is 2.37. The number of aliphatic hydroxyl groups is 1. The topological polar surface area (TPSA) is 108 Å². The van der Waals surface area contributed by atoms with Crippen LogP contribution in [-0.2, 0) is 33.3 Å². The predicted octanol–water partition coefficient (Wildman–Crippen LogP) is 1.60. The van der Waals surface area contributed by atoms with Gasteiger partial charge < -0.3 is 24.1 Å². The number of aryl methyl sites for hydroxylation is 1. The number of hydrogen-bond acceptors (Lipinski definition) is 9. The Kier molecular flexibility index (Phi) is 7.85. The van der Waals surface area contributed by atoms with Gasteiger partial charge in [0.05, 0.1) is 6.61 Å². The third kappa shape index (κ3) is 5.95. The van der Waals surface area contributed by atoms with Gasteiger partial charge in [-0.2, -0.15) is 0 Å². The number of ether oxygens (including phenoxy) is 4. The molecule has 1 aromatic carbocycles. The summed E-state index contributed by atoms with van der Waals surface area (Å²) in [6.45, 7) is 5.08. The molecule has 9 heteroatoms. The average molecular weight is 412 g/mol. The Balaban J connectivity index is 2.38. The molecule has 1 fully saturated rings. The van der Waals surface area contributed by atoms with Crippen LogP contribution < -0.4 is 0 Å². The van der Waals surface area contributed by atoms with Gasteiger partial charge >= 0.3 is 17.9 Å². The molecule has 1 N–H and O–H groups in total. The number of thioether (sulfide) groups is 1. The van der Waals surface area contributed by atoms with Crippen LogP contribution in [0.3, 0.4) is 0 Å². The lowest BCUT2D eigenvalue weighted by atomic mass is 9.99. The van der Waals surface area contributed by atoms with Crippen molar-refractivity contribution in [2.75, 3.05) is 6.61 Å². The molecule has 0 unspecified atom stereocenters. The fourth-order valence-corrected chi connectivity index (χ4v) is 3.95. The molecule has 1 aromatic rings. The number of benzene rings is 1. The van der Waals surface area contributed by atoms with Gasteiger partial charge in [-0.1, -0.05) is 29.5 Å². The smallest absolute Gasteiger partial charge is 0.303 e. The van der Waals surface area contributed by atoms with E-state index in [0.717, 1.165) is 10.5 Å². The molecular weight excluding hydrogens is 388 g/mol. The summed E-state index contributed by atoms with van der Waals surface area (Å²) in [6.07, 6.45) is -4.24. The normalized spacial score (nSPS) is 27.0. The van der Waals surface area contributed by atoms with Gasteiger partial charge in [0, 0.05) is 25.7 Å². The molecule has 28 heavy (non-hydrogen) atoms.